The number of benzene rings is 2. The summed E-state index contributed by atoms with van der Waals surface area (Å²) >= 11 is 0. The molecule has 0 bridgehead atoms. The van der Waals surface area contributed by atoms with Gasteiger partial charge in [-0.05, 0) is 48.9 Å². The van der Waals surface area contributed by atoms with E-state index in [1.54, 1.807) is 0 Å². The molecule has 1 heterocycles. The van der Waals surface area contributed by atoms with Gasteiger partial charge in [-0.1, -0.05) is 42.5 Å². The summed E-state index contributed by atoms with van der Waals surface area (Å²) in [6, 6.07) is 19.2. The number of aliphatic hydroxyl groups is 1. The Labute approximate surface area is 175 Å². The maximum Gasteiger partial charge on any atom is 0.194 e. The van der Waals surface area contributed by atoms with Crippen LogP contribution in [0.1, 0.15) is 30.9 Å². The van der Waals surface area contributed by atoms with Gasteiger partial charge in [-0.25, -0.2) is 4.99 Å². The minimum atomic E-state index is 0.317. The molecule has 0 aromatic heterocycles. The number of nitrogens with zero attached hydrogens (tertiary/aromatic N) is 3. The van der Waals surface area contributed by atoms with E-state index < -0.39 is 0 Å². The highest BCUT2D eigenvalue weighted by Gasteiger charge is 2.18. The summed E-state index contributed by atoms with van der Waals surface area (Å²) in [5.41, 5.74) is 3.75. The van der Waals surface area contributed by atoms with E-state index >= 15 is 0 Å². The molecule has 0 unspecified atom stereocenters. The van der Waals surface area contributed by atoms with Crippen LogP contribution in [0.25, 0.3) is 0 Å². The van der Waals surface area contributed by atoms with Crippen molar-refractivity contribution in [3.05, 3.63) is 65.7 Å². The van der Waals surface area contributed by atoms with Crippen LogP contribution in [0.3, 0.4) is 0 Å². The lowest BCUT2D eigenvalue weighted by atomic mass is 9.97. The molecule has 0 spiro atoms. The predicted octanol–water partition coefficient (Wildman–Crippen LogP) is 3.49. The van der Waals surface area contributed by atoms with E-state index in [1.165, 1.54) is 16.8 Å². The van der Waals surface area contributed by atoms with Crippen LogP contribution in [0.15, 0.2) is 59.6 Å². The van der Waals surface area contributed by atoms with Crippen LogP contribution in [0.5, 0.6) is 0 Å². The molecule has 0 atom stereocenters. The van der Waals surface area contributed by atoms with Crippen LogP contribution >= 0.6 is 0 Å². The lowest BCUT2D eigenvalue weighted by Crippen LogP contribution is -2.38. The third-order valence-corrected chi connectivity index (χ3v) is 5.54. The minimum absolute atomic E-state index is 0.317. The normalized spacial score (nSPS) is 15.4. The van der Waals surface area contributed by atoms with Crippen molar-refractivity contribution < 1.29 is 5.11 Å². The van der Waals surface area contributed by atoms with Gasteiger partial charge in [-0.2, -0.15) is 0 Å². The van der Waals surface area contributed by atoms with Crippen molar-refractivity contribution in [1.82, 2.24) is 10.2 Å². The van der Waals surface area contributed by atoms with Gasteiger partial charge in [0.1, 0.15) is 0 Å². The van der Waals surface area contributed by atoms with Crippen molar-refractivity contribution in [3.63, 3.8) is 0 Å². The third kappa shape index (κ3) is 6.23. The molecule has 5 heteroatoms. The number of piperidine rings is 1. The Morgan fingerprint density at radius 3 is 2.38 bits per heavy atom. The van der Waals surface area contributed by atoms with E-state index in [-0.39, 0.29) is 0 Å². The molecule has 1 aliphatic heterocycles. The highest BCUT2D eigenvalue weighted by atomic mass is 16.3. The van der Waals surface area contributed by atoms with Gasteiger partial charge in [0.2, 0.25) is 0 Å². The number of hydrogen-bond acceptors (Lipinski definition) is 3. The van der Waals surface area contributed by atoms with Crippen molar-refractivity contribution in [2.45, 2.75) is 32.9 Å². The van der Waals surface area contributed by atoms with Crippen LogP contribution in [0.2, 0.25) is 0 Å². The highest BCUT2D eigenvalue weighted by Crippen LogP contribution is 2.23. The molecule has 0 amide bonds. The summed E-state index contributed by atoms with van der Waals surface area (Å²) < 4.78 is 0. The molecule has 156 valence electrons. The second-order valence-electron chi connectivity index (χ2n) is 7.79. The molecule has 2 aromatic rings. The molecule has 29 heavy (non-hydrogen) atoms. The van der Waals surface area contributed by atoms with Crippen LogP contribution in [-0.2, 0) is 13.1 Å². The molecule has 1 aliphatic rings. The lowest BCUT2D eigenvalue weighted by molar-refractivity contribution is 0.203. The first-order valence-corrected chi connectivity index (χ1v) is 10.7. The first kappa shape index (κ1) is 21.2. The van der Waals surface area contributed by atoms with E-state index in [2.05, 4.69) is 77.6 Å². The summed E-state index contributed by atoms with van der Waals surface area (Å²) in [4.78, 5) is 9.41. The number of anilines is 1. The monoisotopic (exact) mass is 394 g/mol. The summed E-state index contributed by atoms with van der Waals surface area (Å²) in [6.45, 7) is 6.80. The van der Waals surface area contributed by atoms with Crippen molar-refractivity contribution >= 4 is 11.6 Å². The molecule has 0 saturated carbocycles. The summed E-state index contributed by atoms with van der Waals surface area (Å²) in [5.74, 6) is 1.39. The van der Waals surface area contributed by atoms with Gasteiger partial charge in [0, 0.05) is 45.5 Å². The zero-order chi connectivity index (χ0) is 20.5. The Hall–Kier alpha value is -2.53. The molecule has 2 aromatic carbocycles. The zero-order valence-corrected chi connectivity index (χ0v) is 17.7. The van der Waals surface area contributed by atoms with E-state index in [9.17, 15) is 5.11 Å². The Kier molecular flexibility index (Phi) is 7.94. The van der Waals surface area contributed by atoms with Gasteiger partial charge in [-0.3, -0.25) is 0 Å². The molecular formula is C24H34N4O. The van der Waals surface area contributed by atoms with Crippen molar-refractivity contribution in [2.75, 3.05) is 38.2 Å². The van der Waals surface area contributed by atoms with E-state index in [0.29, 0.717) is 19.1 Å². The van der Waals surface area contributed by atoms with Gasteiger partial charge < -0.3 is 20.2 Å². The number of aliphatic imine (C=N–C) groups is 1. The number of rotatable bonds is 7. The SMILES string of the molecule is CCNC(=NCc1ccc(N2CCC(CO)CC2)cc1)N(C)Cc1ccccc1. The molecular weight excluding hydrogens is 360 g/mol. The third-order valence-electron chi connectivity index (χ3n) is 5.54. The fourth-order valence-corrected chi connectivity index (χ4v) is 3.75. The minimum Gasteiger partial charge on any atom is -0.396 e. The number of guanidine groups is 1. The molecule has 5 nitrogen and oxygen atoms in total. The Morgan fingerprint density at radius 1 is 1.07 bits per heavy atom. The largest absolute Gasteiger partial charge is 0.396 e. The van der Waals surface area contributed by atoms with Crippen LogP contribution in [0, 0.1) is 5.92 Å². The molecule has 1 saturated heterocycles. The van der Waals surface area contributed by atoms with Crippen LogP contribution in [0.4, 0.5) is 5.69 Å². The van der Waals surface area contributed by atoms with Crippen LogP contribution < -0.4 is 10.2 Å². The second-order valence-corrected chi connectivity index (χ2v) is 7.79. The zero-order valence-electron chi connectivity index (χ0n) is 17.7. The molecule has 3 rings (SSSR count). The van der Waals surface area contributed by atoms with Gasteiger partial charge in [0.05, 0.1) is 6.54 Å². The molecule has 0 aliphatic carbocycles. The maximum atomic E-state index is 9.31. The Morgan fingerprint density at radius 2 is 1.76 bits per heavy atom. The van der Waals surface area contributed by atoms with Crippen molar-refractivity contribution in [2.24, 2.45) is 10.9 Å². The van der Waals surface area contributed by atoms with Gasteiger partial charge in [0.25, 0.3) is 0 Å². The van der Waals surface area contributed by atoms with Crippen molar-refractivity contribution in [3.8, 4) is 0 Å². The van der Waals surface area contributed by atoms with Gasteiger partial charge in [-0.15, -0.1) is 0 Å². The quantitative estimate of drug-likeness (QED) is 0.558. The number of aliphatic hydroxyl groups excluding tert-OH is 1. The topological polar surface area (TPSA) is 51.1 Å². The average molecular weight is 395 g/mol. The summed E-state index contributed by atoms with van der Waals surface area (Å²) in [6.07, 6.45) is 2.14. The Balaban J connectivity index is 1.59. The van der Waals surface area contributed by atoms with E-state index in [1.807, 2.05) is 6.07 Å². The highest BCUT2D eigenvalue weighted by molar-refractivity contribution is 5.79. The van der Waals surface area contributed by atoms with E-state index in [4.69, 9.17) is 4.99 Å². The standard InChI is InChI=1S/C24H34N4O/c1-3-25-24(27(2)18-21-7-5-4-6-8-21)26-17-20-9-11-23(12-10-20)28-15-13-22(19-29)14-16-28/h4-12,22,29H,3,13-19H2,1-2H3,(H,25,26). The maximum absolute atomic E-state index is 9.31. The van der Waals surface area contributed by atoms with E-state index in [0.717, 1.165) is 45.0 Å². The number of hydrogen-bond donors (Lipinski definition) is 2. The van der Waals surface area contributed by atoms with Crippen LogP contribution in [-0.4, -0.2) is 49.3 Å². The number of nitrogens with one attached hydrogen (secondary N) is 1. The molecule has 0 radical (unpaired) electrons. The predicted molar refractivity (Wildman–Crippen MR) is 121 cm³/mol. The van der Waals surface area contributed by atoms with Gasteiger partial charge in [0.15, 0.2) is 5.96 Å². The summed E-state index contributed by atoms with van der Waals surface area (Å²) in [5, 5.41) is 12.7. The first-order valence-electron chi connectivity index (χ1n) is 10.7. The summed E-state index contributed by atoms with van der Waals surface area (Å²) in [7, 11) is 2.08. The fraction of sp³-hybridized carbons (Fsp3) is 0.458. The average Bonchev–Trinajstić information content (AvgIpc) is 2.77. The van der Waals surface area contributed by atoms with Gasteiger partial charge >= 0.3 is 0 Å². The van der Waals surface area contributed by atoms with Crippen molar-refractivity contribution in [1.29, 1.82) is 0 Å². The Bertz CT molecular complexity index is 752. The molecule has 2 N–H and O–H groups in total. The lowest BCUT2D eigenvalue weighted by Gasteiger charge is -2.32. The fourth-order valence-electron chi connectivity index (χ4n) is 3.75. The first-order chi connectivity index (χ1) is 14.2. The second kappa shape index (κ2) is 10.9. The smallest absolute Gasteiger partial charge is 0.194 e. The molecule has 1 fully saturated rings.